The van der Waals surface area contributed by atoms with Crippen molar-refractivity contribution in [3.8, 4) is 0 Å². The SMILES string of the molecule is CC(=O)N1CCN(C2CC3OC4CC(Cl)CCC4N4C=C(C(=O)NCCN5CCCC5)C(=O)C(C2)C34)CC1. The van der Waals surface area contributed by atoms with Crippen LogP contribution in [0.3, 0.4) is 0 Å². The number of halogens is 1. The average Bonchev–Trinajstić information content (AvgIpc) is 3.43. The van der Waals surface area contributed by atoms with Gasteiger partial charge in [0.15, 0.2) is 5.78 Å². The number of carbonyl (C=O) groups is 3. The second kappa shape index (κ2) is 11.1. The molecule has 210 valence electrons. The predicted octanol–water partition coefficient (Wildman–Crippen LogP) is 1.21. The minimum atomic E-state index is -0.261. The normalized spacial score (nSPS) is 37.9. The maximum atomic E-state index is 13.9. The van der Waals surface area contributed by atoms with E-state index < -0.39 is 0 Å². The molecule has 4 heterocycles. The molecule has 0 radical (unpaired) electrons. The average molecular weight is 548 g/mol. The summed E-state index contributed by atoms with van der Waals surface area (Å²) in [7, 11) is 0. The second-order valence-corrected chi connectivity index (χ2v) is 12.7. The molecule has 2 amide bonds. The molecule has 6 rings (SSSR count). The number of fused-ring (bicyclic) bond motifs is 2. The van der Waals surface area contributed by atoms with Crippen molar-refractivity contribution in [2.24, 2.45) is 5.92 Å². The molecule has 0 aromatic heterocycles. The van der Waals surface area contributed by atoms with E-state index in [1.807, 2.05) is 11.1 Å². The van der Waals surface area contributed by atoms with Gasteiger partial charge < -0.3 is 24.8 Å². The van der Waals surface area contributed by atoms with Crippen LogP contribution in [-0.2, 0) is 19.1 Å². The van der Waals surface area contributed by atoms with E-state index in [0.717, 1.165) is 64.8 Å². The van der Waals surface area contributed by atoms with Crippen molar-refractivity contribution < 1.29 is 19.1 Å². The number of hydrogen-bond acceptors (Lipinski definition) is 7. The van der Waals surface area contributed by atoms with Gasteiger partial charge in [-0.25, -0.2) is 0 Å². The Morgan fingerprint density at radius 3 is 2.53 bits per heavy atom. The lowest BCUT2D eigenvalue weighted by Crippen LogP contribution is -2.69. The minimum absolute atomic E-state index is 0.0189. The lowest BCUT2D eigenvalue weighted by molar-refractivity contribution is -0.188. The molecule has 7 unspecified atom stereocenters. The van der Waals surface area contributed by atoms with Crippen LogP contribution in [0, 0.1) is 5.92 Å². The number of hydrogen-bond donors (Lipinski definition) is 1. The molecule has 7 atom stereocenters. The van der Waals surface area contributed by atoms with Crippen molar-refractivity contribution in [2.75, 3.05) is 52.4 Å². The summed E-state index contributed by atoms with van der Waals surface area (Å²) < 4.78 is 6.74. The molecular formula is C28H42ClN5O4. The third-order valence-corrected chi connectivity index (χ3v) is 10.3. The van der Waals surface area contributed by atoms with Crippen LogP contribution in [0.5, 0.6) is 0 Å². The standard InChI is InChI=1S/C28H42ClN5O4/c1-18(35)32-10-12-33(13-11-32)20-15-21-26-25(16-20)38-24-14-19(29)4-5-23(24)34(26)17-22(27(21)36)28(37)30-6-9-31-7-2-3-8-31/h17,19-21,23-26H,2-16H2,1H3,(H,30,37). The summed E-state index contributed by atoms with van der Waals surface area (Å²) in [5.74, 6) is -0.416. The quantitative estimate of drug-likeness (QED) is 0.409. The van der Waals surface area contributed by atoms with Crippen LogP contribution in [-0.4, -0.2) is 125 Å². The summed E-state index contributed by atoms with van der Waals surface area (Å²) in [6.07, 6.45) is 8.51. The predicted molar refractivity (Wildman–Crippen MR) is 144 cm³/mol. The van der Waals surface area contributed by atoms with E-state index in [-0.39, 0.29) is 59.2 Å². The highest BCUT2D eigenvalue weighted by Crippen LogP contribution is 2.46. The van der Waals surface area contributed by atoms with Crippen molar-refractivity contribution in [1.82, 2.24) is 24.9 Å². The number of nitrogens with one attached hydrogen (secondary N) is 1. The molecule has 6 aliphatic rings. The van der Waals surface area contributed by atoms with Crippen molar-refractivity contribution in [1.29, 1.82) is 0 Å². The minimum Gasteiger partial charge on any atom is -0.371 e. The Labute approximate surface area is 230 Å². The number of piperazine rings is 1. The molecular weight excluding hydrogens is 506 g/mol. The van der Waals surface area contributed by atoms with E-state index in [4.69, 9.17) is 16.3 Å². The van der Waals surface area contributed by atoms with E-state index in [0.29, 0.717) is 25.2 Å². The summed E-state index contributed by atoms with van der Waals surface area (Å²) in [4.78, 5) is 48.2. The van der Waals surface area contributed by atoms with Gasteiger partial charge in [-0.05, 0) is 58.0 Å². The van der Waals surface area contributed by atoms with Gasteiger partial charge in [0, 0.05) is 69.7 Å². The molecule has 0 spiro atoms. The van der Waals surface area contributed by atoms with Crippen LogP contribution in [0.1, 0.15) is 51.9 Å². The number of carbonyl (C=O) groups excluding carboxylic acids is 3. The van der Waals surface area contributed by atoms with Crippen LogP contribution in [0.2, 0.25) is 0 Å². The van der Waals surface area contributed by atoms with E-state index in [2.05, 4.69) is 20.0 Å². The molecule has 0 aromatic carbocycles. The summed E-state index contributed by atoms with van der Waals surface area (Å²) in [5.41, 5.74) is 0.308. The zero-order valence-electron chi connectivity index (χ0n) is 22.5. The summed E-state index contributed by atoms with van der Waals surface area (Å²) in [5, 5.41) is 3.15. The lowest BCUT2D eigenvalue weighted by atomic mass is 9.70. The maximum Gasteiger partial charge on any atom is 0.256 e. The Hall–Kier alpha value is -1.68. The van der Waals surface area contributed by atoms with Crippen LogP contribution in [0.4, 0.5) is 0 Å². The van der Waals surface area contributed by atoms with E-state index in [9.17, 15) is 14.4 Å². The van der Waals surface area contributed by atoms with Gasteiger partial charge in [-0.2, -0.15) is 0 Å². The molecule has 10 heteroatoms. The van der Waals surface area contributed by atoms with Gasteiger partial charge in [0.05, 0.1) is 29.9 Å². The number of ketones is 1. The largest absolute Gasteiger partial charge is 0.371 e. The Bertz CT molecular complexity index is 963. The fraction of sp³-hybridized carbons (Fsp3) is 0.821. The topological polar surface area (TPSA) is 85.4 Å². The Morgan fingerprint density at radius 2 is 1.79 bits per heavy atom. The van der Waals surface area contributed by atoms with E-state index >= 15 is 0 Å². The van der Waals surface area contributed by atoms with E-state index in [1.54, 1.807) is 6.92 Å². The summed E-state index contributed by atoms with van der Waals surface area (Å²) in [6.45, 7) is 8.24. The monoisotopic (exact) mass is 547 g/mol. The van der Waals surface area contributed by atoms with Crippen molar-refractivity contribution in [3.63, 3.8) is 0 Å². The number of Topliss-reactive ketones (excluding diaryl/α,β-unsaturated/α-hetero) is 1. The zero-order valence-corrected chi connectivity index (χ0v) is 23.3. The lowest BCUT2D eigenvalue weighted by Gasteiger charge is -2.59. The fourth-order valence-corrected chi connectivity index (χ4v) is 8.19. The van der Waals surface area contributed by atoms with E-state index in [1.165, 1.54) is 12.8 Å². The molecule has 2 saturated carbocycles. The summed E-state index contributed by atoms with van der Waals surface area (Å²) in [6, 6.07) is 0.335. The molecule has 3 saturated heterocycles. The second-order valence-electron chi connectivity index (χ2n) is 12.1. The zero-order chi connectivity index (χ0) is 26.4. The molecule has 4 aliphatic heterocycles. The molecule has 5 fully saturated rings. The molecule has 38 heavy (non-hydrogen) atoms. The van der Waals surface area contributed by atoms with Crippen molar-refractivity contribution in [3.05, 3.63) is 11.8 Å². The molecule has 0 bridgehead atoms. The van der Waals surface area contributed by atoms with Crippen LogP contribution in [0.25, 0.3) is 0 Å². The Morgan fingerprint density at radius 1 is 1.03 bits per heavy atom. The van der Waals surface area contributed by atoms with Gasteiger partial charge in [0.2, 0.25) is 5.91 Å². The van der Waals surface area contributed by atoms with Crippen molar-refractivity contribution >= 4 is 29.2 Å². The Balaban J connectivity index is 1.21. The van der Waals surface area contributed by atoms with Gasteiger partial charge in [-0.3, -0.25) is 19.3 Å². The number of nitrogens with zero attached hydrogens (tertiary/aromatic N) is 4. The number of amides is 2. The smallest absolute Gasteiger partial charge is 0.256 e. The molecule has 9 nitrogen and oxygen atoms in total. The fourth-order valence-electron chi connectivity index (χ4n) is 7.88. The first-order chi connectivity index (χ1) is 18.4. The van der Waals surface area contributed by atoms with Crippen LogP contribution >= 0.6 is 11.6 Å². The number of rotatable bonds is 5. The van der Waals surface area contributed by atoms with Gasteiger partial charge >= 0.3 is 0 Å². The number of alkyl halides is 1. The third-order valence-electron chi connectivity index (χ3n) is 9.91. The molecule has 0 aromatic rings. The Kier molecular flexibility index (Phi) is 7.73. The van der Waals surface area contributed by atoms with Gasteiger partial charge in [-0.1, -0.05) is 0 Å². The third kappa shape index (κ3) is 5.11. The molecule has 2 aliphatic carbocycles. The van der Waals surface area contributed by atoms with Crippen LogP contribution < -0.4 is 5.32 Å². The number of ether oxygens (including phenoxy) is 1. The number of morpholine rings is 1. The van der Waals surface area contributed by atoms with Crippen LogP contribution in [0.15, 0.2) is 11.8 Å². The highest BCUT2D eigenvalue weighted by Gasteiger charge is 2.56. The maximum absolute atomic E-state index is 13.9. The molecule has 1 N–H and O–H groups in total. The van der Waals surface area contributed by atoms with Gasteiger partial charge in [0.25, 0.3) is 5.91 Å². The van der Waals surface area contributed by atoms with Crippen molar-refractivity contribution in [2.45, 2.75) is 87.6 Å². The first-order valence-corrected chi connectivity index (χ1v) is 15.2. The van der Waals surface area contributed by atoms with Gasteiger partial charge in [-0.15, -0.1) is 11.6 Å². The highest BCUT2D eigenvalue weighted by molar-refractivity contribution is 6.21. The first kappa shape index (κ1) is 26.5. The first-order valence-electron chi connectivity index (χ1n) is 14.7. The number of likely N-dealkylation sites (tertiary alicyclic amines) is 1. The highest BCUT2D eigenvalue weighted by atomic mass is 35.5. The summed E-state index contributed by atoms with van der Waals surface area (Å²) >= 11 is 6.57. The van der Waals surface area contributed by atoms with Gasteiger partial charge in [0.1, 0.15) is 0 Å².